The monoisotopic (exact) mass is 154 g/mol. The summed E-state index contributed by atoms with van der Waals surface area (Å²) in [5, 5.41) is 0. The fourth-order valence-electron chi connectivity index (χ4n) is 1.28. The van der Waals surface area contributed by atoms with Crippen LogP contribution in [0.1, 0.15) is 33.1 Å². The lowest BCUT2D eigenvalue weighted by molar-refractivity contribution is 0.298. The summed E-state index contributed by atoms with van der Waals surface area (Å²) in [7, 11) is 0. The Bertz CT molecular complexity index is 134. The Labute approximate surface area is 69.4 Å². The topological polar surface area (TPSA) is 12.5 Å². The number of rotatable bonds is 5. The maximum Gasteiger partial charge on any atom is 0.0810 e. The van der Waals surface area contributed by atoms with Crippen LogP contribution in [-0.4, -0.2) is 12.7 Å². The zero-order valence-corrected chi connectivity index (χ0v) is 7.60. The van der Waals surface area contributed by atoms with E-state index < -0.39 is 0 Å². The minimum Gasteiger partial charge on any atom is -0.373 e. The van der Waals surface area contributed by atoms with Crippen molar-refractivity contribution in [3.63, 3.8) is 0 Å². The number of hydrogen-bond donors (Lipinski definition) is 0. The van der Waals surface area contributed by atoms with Gasteiger partial charge in [0.25, 0.3) is 0 Å². The van der Waals surface area contributed by atoms with Crippen molar-refractivity contribution in [2.24, 2.45) is 5.41 Å². The van der Waals surface area contributed by atoms with Crippen LogP contribution in [0.25, 0.3) is 0 Å². The first-order chi connectivity index (χ1) is 5.14. The summed E-state index contributed by atoms with van der Waals surface area (Å²) in [6.07, 6.45) is 6.18. The quantitative estimate of drug-likeness (QED) is 0.438. The third-order valence-electron chi connectivity index (χ3n) is 2.24. The molecule has 0 saturated carbocycles. The van der Waals surface area contributed by atoms with Crippen LogP contribution in [0, 0.1) is 5.41 Å². The van der Waals surface area contributed by atoms with Gasteiger partial charge in [0.2, 0.25) is 0 Å². The van der Waals surface area contributed by atoms with E-state index >= 15 is 0 Å². The van der Waals surface area contributed by atoms with E-state index in [9.17, 15) is 0 Å². The molecule has 0 spiro atoms. The fraction of sp³-hybridized carbons (Fsp3) is 0.800. The normalized spacial score (nSPS) is 23.3. The molecule has 1 atom stereocenters. The van der Waals surface area contributed by atoms with Gasteiger partial charge in [0.05, 0.1) is 12.7 Å². The average molecular weight is 154 g/mol. The number of hydrogen-bond acceptors (Lipinski definition) is 1. The summed E-state index contributed by atoms with van der Waals surface area (Å²) >= 11 is 0. The Morgan fingerprint density at radius 2 is 2.27 bits per heavy atom. The molecule has 0 aliphatic carbocycles. The van der Waals surface area contributed by atoms with Gasteiger partial charge in [-0.05, 0) is 24.7 Å². The molecule has 1 heterocycles. The predicted molar refractivity (Wildman–Crippen MR) is 47.6 cm³/mol. The molecule has 0 radical (unpaired) electrons. The summed E-state index contributed by atoms with van der Waals surface area (Å²) in [6, 6.07) is 0. The van der Waals surface area contributed by atoms with Crippen LogP contribution in [0.3, 0.4) is 0 Å². The number of epoxide rings is 1. The van der Waals surface area contributed by atoms with Gasteiger partial charge in [0, 0.05) is 0 Å². The van der Waals surface area contributed by atoms with E-state index in [4.69, 9.17) is 4.74 Å². The summed E-state index contributed by atoms with van der Waals surface area (Å²) in [4.78, 5) is 0. The van der Waals surface area contributed by atoms with E-state index in [1.165, 1.54) is 12.8 Å². The molecule has 1 nitrogen and oxygen atoms in total. The van der Waals surface area contributed by atoms with E-state index in [0.717, 1.165) is 13.0 Å². The molecule has 0 aromatic rings. The average Bonchev–Trinajstić information content (AvgIpc) is 2.65. The van der Waals surface area contributed by atoms with Crippen molar-refractivity contribution in [1.29, 1.82) is 0 Å². The molecule has 11 heavy (non-hydrogen) atoms. The first-order valence-electron chi connectivity index (χ1n) is 4.36. The molecule has 0 aromatic carbocycles. The Hall–Kier alpha value is -0.300. The summed E-state index contributed by atoms with van der Waals surface area (Å²) in [6.45, 7) is 9.33. The Balaban J connectivity index is 2.14. The molecule has 1 aliphatic heterocycles. The van der Waals surface area contributed by atoms with Gasteiger partial charge >= 0.3 is 0 Å². The van der Waals surface area contributed by atoms with Crippen LogP contribution in [0.5, 0.6) is 0 Å². The van der Waals surface area contributed by atoms with Crippen molar-refractivity contribution in [3.05, 3.63) is 12.7 Å². The van der Waals surface area contributed by atoms with E-state index in [1.807, 2.05) is 6.08 Å². The van der Waals surface area contributed by atoms with Gasteiger partial charge in [-0.2, -0.15) is 0 Å². The highest BCUT2D eigenvalue weighted by Gasteiger charge is 2.25. The van der Waals surface area contributed by atoms with E-state index in [2.05, 4.69) is 20.4 Å². The molecular formula is C10H18O. The first kappa shape index (κ1) is 8.79. The van der Waals surface area contributed by atoms with Crippen molar-refractivity contribution in [1.82, 2.24) is 0 Å². The lowest BCUT2D eigenvalue weighted by atomic mass is 9.84. The van der Waals surface area contributed by atoms with E-state index in [1.54, 1.807) is 0 Å². The highest BCUT2D eigenvalue weighted by molar-refractivity contribution is 4.81. The van der Waals surface area contributed by atoms with Gasteiger partial charge < -0.3 is 4.74 Å². The SMILES string of the molecule is C=CCC(C)(C)CCC1CO1. The Morgan fingerprint density at radius 3 is 2.73 bits per heavy atom. The predicted octanol–water partition coefficient (Wildman–Crippen LogP) is 2.77. The zero-order valence-electron chi connectivity index (χ0n) is 7.60. The highest BCUT2D eigenvalue weighted by Crippen LogP contribution is 2.30. The Morgan fingerprint density at radius 1 is 1.64 bits per heavy atom. The maximum atomic E-state index is 5.16. The molecule has 0 aromatic heterocycles. The molecule has 1 fully saturated rings. The minimum absolute atomic E-state index is 0.424. The third-order valence-corrected chi connectivity index (χ3v) is 2.24. The zero-order chi connectivity index (χ0) is 8.32. The van der Waals surface area contributed by atoms with Crippen LogP contribution >= 0.6 is 0 Å². The number of allylic oxidation sites excluding steroid dienone is 1. The Kier molecular flexibility index (Phi) is 2.72. The van der Waals surface area contributed by atoms with Crippen molar-refractivity contribution >= 4 is 0 Å². The molecule has 1 aliphatic rings. The summed E-state index contributed by atoms with van der Waals surface area (Å²) < 4.78 is 5.16. The molecule has 0 N–H and O–H groups in total. The van der Waals surface area contributed by atoms with Gasteiger partial charge in [-0.3, -0.25) is 0 Å². The standard InChI is InChI=1S/C10H18O/c1-4-6-10(2,3)7-5-9-8-11-9/h4,9H,1,5-8H2,2-3H3. The van der Waals surface area contributed by atoms with Crippen LogP contribution in [0.15, 0.2) is 12.7 Å². The molecule has 1 unspecified atom stereocenters. The molecule has 0 bridgehead atoms. The molecule has 1 saturated heterocycles. The maximum absolute atomic E-state index is 5.16. The fourth-order valence-corrected chi connectivity index (χ4v) is 1.28. The largest absolute Gasteiger partial charge is 0.373 e. The molecule has 64 valence electrons. The van der Waals surface area contributed by atoms with Crippen molar-refractivity contribution in [2.45, 2.75) is 39.2 Å². The third kappa shape index (κ3) is 3.57. The molecule has 0 amide bonds. The van der Waals surface area contributed by atoms with Gasteiger partial charge in [0.1, 0.15) is 0 Å². The lowest BCUT2D eigenvalue weighted by Gasteiger charge is -2.21. The lowest BCUT2D eigenvalue weighted by Crippen LogP contribution is -2.10. The second-order valence-electron chi connectivity index (χ2n) is 4.15. The van der Waals surface area contributed by atoms with Crippen LogP contribution < -0.4 is 0 Å². The van der Waals surface area contributed by atoms with E-state index in [0.29, 0.717) is 11.5 Å². The second-order valence-corrected chi connectivity index (χ2v) is 4.15. The van der Waals surface area contributed by atoms with Gasteiger partial charge in [-0.25, -0.2) is 0 Å². The van der Waals surface area contributed by atoms with E-state index in [-0.39, 0.29) is 0 Å². The number of ether oxygens (including phenoxy) is 1. The smallest absolute Gasteiger partial charge is 0.0810 e. The van der Waals surface area contributed by atoms with Gasteiger partial charge in [0.15, 0.2) is 0 Å². The highest BCUT2D eigenvalue weighted by atomic mass is 16.6. The molecule has 1 rings (SSSR count). The van der Waals surface area contributed by atoms with Crippen molar-refractivity contribution < 1.29 is 4.74 Å². The van der Waals surface area contributed by atoms with Crippen LogP contribution in [0.2, 0.25) is 0 Å². The van der Waals surface area contributed by atoms with Gasteiger partial charge in [-0.15, -0.1) is 6.58 Å². The molecular weight excluding hydrogens is 136 g/mol. The first-order valence-corrected chi connectivity index (χ1v) is 4.36. The summed E-state index contributed by atoms with van der Waals surface area (Å²) in [5.41, 5.74) is 0.424. The van der Waals surface area contributed by atoms with Crippen molar-refractivity contribution in [2.75, 3.05) is 6.61 Å². The van der Waals surface area contributed by atoms with Crippen LogP contribution in [-0.2, 0) is 4.74 Å². The minimum atomic E-state index is 0.424. The van der Waals surface area contributed by atoms with Gasteiger partial charge in [-0.1, -0.05) is 19.9 Å². The van der Waals surface area contributed by atoms with Crippen molar-refractivity contribution in [3.8, 4) is 0 Å². The molecule has 1 heteroatoms. The van der Waals surface area contributed by atoms with Crippen LogP contribution in [0.4, 0.5) is 0 Å². The summed E-state index contributed by atoms with van der Waals surface area (Å²) in [5.74, 6) is 0. The second kappa shape index (κ2) is 3.40.